The van der Waals surface area contributed by atoms with E-state index in [1.807, 2.05) is 4.90 Å². The van der Waals surface area contributed by atoms with Gasteiger partial charge in [-0.05, 0) is 32.2 Å². The second-order valence-corrected chi connectivity index (χ2v) is 7.01. The monoisotopic (exact) mass is 319 g/mol. The molecule has 2 aliphatic heterocycles. The number of hydrogen-bond acceptors (Lipinski definition) is 5. The van der Waals surface area contributed by atoms with Gasteiger partial charge in [-0.3, -0.25) is 9.69 Å². The molecule has 0 aromatic carbocycles. The first kappa shape index (κ1) is 15.1. The van der Waals surface area contributed by atoms with Crippen molar-refractivity contribution in [2.24, 2.45) is 5.92 Å². The molecule has 23 heavy (non-hydrogen) atoms. The number of aromatic nitrogens is 1. The van der Waals surface area contributed by atoms with Crippen LogP contribution in [0.1, 0.15) is 43.1 Å². The van der Waals surface area contributed by atoms with E-state index in [0.29, 0.717) is 25.0 Å². The zero-order valence-corrected chi connectivity index (χ0v) is 13.6. The molecule has 3 heterocycles. The van der Waals surface area contributed by atoms with E-state index in [-0.39, 0.29) is 5.92 Å². The Morgan fingerprint density at radius 3 is 2.83 bits per heavy atom. The van der Waals surface area contributed by atoms with Gasteiger partial charge >= 0.3 is 0 Å². The Labute approximate surface area is 136 Å². The topological polar surface area (TPSA) is 58.8 Å². The van der Waals surface area contributed by atoms with E-state index in [0.717, 1.165) is 57.0 Å². The number of carbonyl (C=O) groups is 1. The predicted molar refractivity (Wildman–Crippen MR) is 83.9 cm³/mol. The zero-order valence-electron chi connectivity index (χ0n) is 13.6. The molecule has 6 nitrogen and oxygen atoms in total. The van der Waals surface area contributed by atoms with Crippen molar-refractivity contribution in [1.29, 1.82) is 0 Å². The van der Waals surface area contributed by atoms with Crippen LogP contribution in [0.4, 0.5) is 0 Å². The van der Waals surface area contributed by atoms with Gasteiger partial charge in [-0.25, -0.2) is 0 Å². The van der Waals surface area contributed by atoms with Crippen molar-refractivity contribution in [2.45, 2.75) is 38.1 Å². The second kappa shape index (κ2) is 6.61. The first-order valence-electron chi connectivity index (χ1n) is 8.84. The average Bonchev–Trinajstić information content (AvgIpc) is 3.35. The van der Waals surface area contributed by atoms with Gasteiger partial charge in [-0.1, -0.05) is 5.16 Å². The third-order valence-corrected chi connectivity index (χ3v) is 5.12. The molecule has 126 valence electrons. The van der Waals surface area contributed by atoms with Crippen LogP contribution in [0, 0.1) is 5.92 Å². The summed E-state index contributed by atoms with van der Waals surface area (Å²) in [5.74, 6) is 2.07. The Kier molecular flexibility index (Phi) is 4.35. The van der Waals surface area contributed by atoms with E-state index < -0.39 is 0 Å². The van der Waals surface area contributed by atoms with E-state index in [1.54, 1.807) is 0 Å². The molecule has 1 unspecified atom stereocenters. The minimum absolute atomic E-state index is 0.122. The number of nitrogens with zero attached hydrogens (tertiary/aromatic N) is 3. The third kappa shape index (κ3) is 3.58. The summed E-state index contributed by atoms with van der Waals surface area (Å²) in [6.07, 6.45) is 4.54. The largest absolute Gasteiger partial charge is 0.378 e. The highest BCUT2D eigenvalue weighted by Crippen LogP contribution is 2.40. The van der Waals surface area contributed by atoms with Crippen LogP contribution < -0.4 is 0 Å². The molecular formula is C17H25N3O3. The molecule has 3 fully saturated rings. The smallest absolute Gasteiger partial charge is 0.227 e. The highest BCUT2D eigenvalue weighted by atomic mass is 16.5. The molecule has 3 aliphatic rings. The van der Waals surface area contributed by atoms with Crippen LogP contribution in [0.5, 0.6) is 0 Å². The zero-order chi connectivity index (χ0) is 15.6. The number of morpholine rings is 1. The van der Waals surface area contributed by atoms with Crippen molar-refractivity contribution in [3.05, 3.63) is 17.5 Å². The third-order valence-electron chi connectivity index (χ3n) is 5.12. The van der Waals surface area contributed by atoms with Crippen LogP contribution in [0.3, 0.4) is 0 Å². The minimum Gasteiger partial charge on any atom is -0.378 e. The molecular weight excluding hydrogens is 294 g/mol. The second-order valence-electron chi connectivity index (χ2n) is 7.01. The van der Waals surface area contributed by atoms with Crippen LogP contribution in [0.2, 0.25) is 0 Å². The summed E-state index contributed by atoms with van der Waals surface area (Å²) in [5, 5.41) is 4.20. The molecule has 1 atom stereocenters. The predicted octanol–water partition coefficient (Wildman–Crippen LogP) is 1.62. The first-order valence-corrected chi connectivity index (χ1v) is 8.84. The number of rotatable bonds is 4. The van der Waals surface area contributed by atoms with Crippen molar-refractivity contribution in [3.63, 3.8) is 0 Å². The highest BCUT2D eigenvalue weighted by molar-refractivity contribution is 5.79. The lowest BCUT2D eigenvalue weighted by atomic mass is 9.96. The molecule has 0 bridgehead atoms. The fourth-order valence-corrected chi connectivity index (χ4v) is 3.63. The van der Waals surface area contributed by atoms with Crippen molar-refractivity contribution in [1.82, 2.24) is 15.0 Å². The maximum Gasteiger partial charge on any atom is 0.227 e. The number of amides is 1. The molecule has 1 aromatic rings. The lowest BCUT2D eigenvalue weighted by molar-refractivity contribution is -0.141. The molecule has 0 radical (unpaired) electrons. The van der Waals surface area contributed by atoms with Gasteiger partial charge in [0.1, 0.15) is 5.76 Å². The average molecular weight is 319 g/mol. The van der Waals surface area contributed by atoms with Crippen molar-refractivity contribution in [2.75, 3.05) is 39.4 Å². The summed E-state index contributed by atoms with van der Waals surface area (Å²) < 4.78 is 10.8. The van der Waals surface area contributed by atoms with Crippen LogP contribution >= 0.6 is 0 Å². The fourth-order valence-electron chi connectivity index (χ4n) is 3.63. The minimum atomic E-state index is 0.122. The van der Waals surface area contributed by atoms with Gasteiger partial charge < -0.3 is 14.2 Å². The summed E-state index contributed by atoms with van der Waals surface area (Å²) >= 11 is 0. The molecule has 0 spiro atoms. The first-order chi connectivity index (χ1) is 11.3. The van der Waals surface area contributed by atoms with Gasteiger partial charge in [0, 0.05) is 38.2 Å². The Morgan fingerprint density at radius 2 is 2.04 bits per heavy atom. The summed E-state index contributed by atoms with van der Waals surface area (Å²) in [6.45, 7) is 5.49. The lowest BCUT2D eigenvalue weighted by Crippen LogP contribution is -2.48. The van der Waals surface area contributed by atoms with Crippen LogP contribution in [-0.2, 0) is 16.1 Å². The van der Waals surface area contributed by atoms with E-state index in [2.05, 4.69) is 16.1 Å². The molecule has 6 heteroatoms. The Morgan fingerprint density at radius 1 is 1.22 bits per heavy atom. The van der Waals surface area contributed by atoms with Crippen molar-refractivity contribution < 1.29 is 14.1 Å². The van der Waals surface area contributed by atoms with Gasteiger partial charge in [0.15, 0.2) is 0 Å². The standard InChI is InChI=1S/C17H25N3O3/c21-17(20-6-8-22-9-7-20)14-2-1-5-19(11-14)12-15-10-16(23-18-15)13-3-4-13/h10,13-14H,1-9,11-12H2. The van der Waals surface area contributed by atoms with E-state index in [1.165, 1.54) is 12.8 Å². The van der Waals surface area contributed by atoms with Crippen molar-refractivity contribution >= 4 is 5.91 Å². The molecule has 2 saturated heterocycles. The quantitative estimate of drug-likeness (QED) is 0.844. The molecule has 1 aromatic heterocycles. The summed E-state index contributed by atoms with van der Waals surface area (Å²) in [7, 11) is 0. The van der Waals surface area contributed by atoms with Gasteiger partial charge in [-0.15, -0.1) is 0 Å². The summed E-state index contributed by atoms with van der Waals surface area (Å²) in [5.41, 5.74) is 1.01. The van der Waals surface area contributed by atoms with Crippen molar-refractivity contribution in [3.8, 4) is 0 Å². The van der Waals surface area contributed by atoms with E-state index in [9.17, 15) is 4.79 Å². The normalized spacial score (nSPS) is 26.4. The van der Waals surface area contributed by atoms with Gasteiger partial charge in [-0.2, -0.15) is 0 Å². The summed E-state index contributed by atoms with van der Waals surface area (Å²) in [4.78, 5) is 17.0. The van der Waals surface area contributed by atoms with Gasteiger partial charge in [0.2, 0.25) is 5.91 Å². The Balaban J connectivity index is 1.33. The van der Waals surface area contributed by atoms with E-state index in [4.69, 9.17) is 9.26 Å². The fraction of sp³-hybridized carbons (Fsp3) is 0.765. The summed E-state index contributed by atoms with van der Waals surface area (Å²) in [6, 6.07) is 2.10. The van der Waals surface area contributed by atoms with Crippen LogP contribution in [0.25, 0.3) is 0 Å². The lowest BCUT2D eigenvalue weighted by Gasteiger charge is -2.35. The maximum absolute atomic E-state index is 12.7. The number of piperidine rings is 1. The number of hydrogen-bond donors (Lipinski definition) is 0. The highest BCUT2D eigenvalue weighted by Gasteiger charge is 2.31. The molecule has 0 N–H and O–H groups in total. The van der Waals surface area contributed by atoms with Crippen LogP contribution in [0.15, 0.2) is 10.6 Å². The molecule has 1 saturated carbocycles. The SMILES string of the molecule is O=C(C1CCCN(Cc2cc(C3CC3)on2)C1)N1CCOCC1. The number of ether oxygens (including phenoxy) is 1. The number of carbonyl (C=O) groups excluding carboxylic acids is 1. The van der Waals surface area contributed by atoms with Gasteiger partial charge in [0.05, 0.1) is 24.8 Å². The molecule has 4 rings (SSSR count). The number of likely N-dealkylation sites (tertiary alicyclic amines) is 1. The van der Waals surface area contributed by atoms with Gasteiger partial charge in [0.25, 0.3) is 0 Å². The van der Waals surface area contributed by atoms with Crippen LogP contribution in [-0.4, -0.2) is 60.3 Å². The molecule has 1 amide bonds. The molecule has 1 aliphatic carbocycles. The maximum atomic E-state index is 12.7. The van der Waals surface area contributed by atoms with E-state index >= 15 is 0 Å². The Hall–Kier alpha value is -1.40. The Bertz CT molecular complexity index is 549.